The van der Waals surface area contributed by atoms with E-state index in [1.165, 1.54) is 21.3 Å². The second-order valence-corrected chi connectivity index (χ2v) is 6.14. The van der Waals surface area contributed by atoms with E-state index in [-0.39, 0.29) is 16.5 Å². The number of fused-ring (bicyclic) bond motifs is 1. The predicted molar refractivity (Wildman–Crippen MR) is 92.0 cm³/mol. The molecule has 0 radical (unpaired) electrons. The molecule has 1 N–H and O–H groups in total. The van der Waals surface area contributed by atoms with Crippen LogP contribution in [-0.2, 0) is 17.7 Å². The van der Waals surface area contributed by atoms with E-state index in [2.05, 4.69) is 4.98 Å². The number of thiophene rings is 1. The van der Waals surface area contributed by atoms with E-state index in [1.807, 2.05) is 30.3 Å². The van der Waals surface area contributed by atoms with E-state index in [0.717, 1.165) is 5.56 Å². The first-order valence-electron chi connectivity index (χ1n) is 7.39. The summed E-state index contributed by atoms with van der Waals surface area (Å²) in [7, 11) is 1.59. The van der Waals surface area contributed by atoms with Gasteiger partial charge >= 0.3 is 5.97 Å². The molecular weight excluding hydrogens is 328 g/mol. The molecule has 3 aromatic rings. The van der Waals surface area contributed by atoms with Crippen molar-refractivity contribution in [1.29, 1.82) is 0 Å². The monoisotopic (exact) mass is 344 g/mol. The number of carbonyl (C=O) groups is 1. The highest BCUT2D eigenvalue weighted by atomic mass is 32.1. The molecule has 1 aromatic carbocycles. The van der Waals surface area contributed by atoms with Crippen molar-refractivity contribution in [3.05, 3.63) is 63.0 Å². The third-order valence-electron chi connectivity index (χ3n) is 3.72. The van der Waals surface area contributed by atoms with Crippen LogP contribution in [0, 0.1) is 0 Å². The van der Waals surface area contributed by atoms with Crippen LogP contribution in [0.5, 0.6) is 0 Å². The number of hydrogen-bond donors (Lipinski definition) is 1. The molecule has 0 fully saturated rings. The smallest absolute Gasteiger partial charge is 0.337 e. The van der Waals surface area contributed by atoms with E-state index in [4.69, 9.17) is 4.74 Å². The van der Waals surface area contributed by atoms with Crippen LogP contribution in [0.15, 0.2) is 40.5 Å². The Labute approximate surface area is 142 Å². The van der Waals surface area contributed by atoms with Gasteiger partial charge < -0.3 is 9.84 Å². The van der Waals surface area contributed by atoms with E-state index >= 15 is 0 Å². The first kappa shape index (κ1) is 16.4. The molecule has 0 amide bonds. The van der Waals surface area contributed by atoms with Crippen LogP contribution >= 0.6 is 11.3 Å². The molecule has 0 saturated heterocycles. The minimum absolute atomic E-state index is 0.00704. The van der Waals surface area contributed by atoms with Crippen LogP contribution < -0.4 is 5.56 Å². The van der Waals surface area contributed by atoms with Gasteiger partial charge in [-0.2, -0.15) is 0 Å². The molecule has 24 heavy (non-hydrogen) atoms. The summed E-state index contributed by atoms with van der Waals surface area (Å²) in [6, 6.07) is 9.54. The van der Waals surface area contributed by atoms with E-state index in [9.17, 15) is 14.7 Å². The van der Waals surface area contributed by atoms with Crippen molar-refractivity contribution in [2.75, 3.05) is 13.7 Å². The number of carboxylic acid groups (broad SMARTS) is 1. The second-order valence-electron chi connectivity index (χ2n) is 5.28. The van der Waals surface area contributed by atoms with Gasteiger partial charge in [-0.05, 0) is 5.56 Å². The molecule has 2 aromatic heterocycles. The van der Waals surface area contributed by atoms with Crippen molar-refractivity contribution in [2.24, 2.45) is 0 Å². The lowest BCUT2D eigenvalue weighted by Gasteiger charge is -2.12. The van der Waals surface area contributed by atoms with Gasteiger partial charge in [-0.3, -0.25) is 9.36 Å². The van der Waals surface area contributed by atoms with Crippen molar-refractivity contribution in [1.82, 2.24) is 9.55 Å². The Bertz CT molecular complexity index is 931. The molecule has 0 aliphatic heterocycles. The maximum Gasteiger partial charge on any atom is 0.337 e. The summed E-state index contributed by atoms with van der Waals surface area (Å²) in [5.41, 5.74) is 0.632. The van der Waals surface area contributed by atoms with Gasteiger partial charge in [0.1, 0.15) is 10.7 Å². The Kier molecular flexibility index (Phi) is 4.73. The average Bonchev–Trinajstić information content (AvgIpc) is 3.01. The zero-order valence-corrected chi connectivity index (χ0v) is 13.9. The second kappa shape index (κ2) is 6.94. The van der Waals surface area contributed by atoms with Crippen LogP contribution in [-0.4, -0.2) is 34.3 Å². The molecule has 6 nitrogen and oxygen atoms in total. The quantitative estimate of drug-likeness (QED) is 0.742. The van der Waals surface area contributed by atoms with Crippen molar-refractivity contribution >= 4 is 27.5 Å². The SMILES string of the molecule is COCCc1nc2scc(C(=O)O)c2c(=O)n1Cc1ccccc1. The van der Waals surface area contributed by atoms with Gasteiger partial charge in [-0.1, -0.05) is 30.3 Å². The fourth-order valence-corrected chi connectivity index (χ4v) is 3.46. The zero-order chi connectivity index (χ0) is 17.1. The number of aromatic nitrogens is 2. The van der Waals surface area contributed by atoms with Gasteiger partial charge in [-0.25, -0.2) is 9.78 Å². The Hall–Kier alpha value is -2.51. The number of rotatable bonds is 6. The van der Waals surface area contributed by atoms with Crippen LogP contribution in [0.4, 0.5) is 0 Å². The molecular formula is C17H16N2O4S. The molecule has 0 atom stereocenters. The fraction of sp³-hybridized carbons (Fsp3) is 0.235. The van der Waals surface area contributed by atoms with Gasteiger partial charge in [0.05, 0.1) is 24.1 Å². The lowest BCUT2D eigenvalue weighted by Crippen LogP contribution is -2.27. The number of aromatic carboxylic acids is 1. The molecule has 2 heterocycles. The number of benzene rings is 1. The number of hydrogen-bond acceptors (Lipinski definition) is 5. The first-order chi connectivity index (χ1) is 11.6. The summed E-state index contributed by atoms with van der Waals surface area (Å²) in [5, 5.41) is 10.9. The standard InChI is InChI=1S/C17H16N2O4S/c1-23-8-7-13-18-15-14(12(10-24-15)17(21)22)16(20)19(13)9-11-5-3-2-4-6-11/h2-6,10H,7-9H2,1H3,(H,21,22). The van der Waals surface area contributed by atoms with Crippen LogP contribution in [0.1, 0.15) is 21.7 Å². The Morgan fingerprint density at radius 3 is 2.75 bits per heavy atom. The first-order valence-corrected chi connectivity index (χ1v) is 8.27. The molecule has 0 aliphatic carbocycles. The van der Waals surface area contributed by atoms with E-state index in [1.54, 1.807) is 7.11 Å². The molecule has 0 saturated carbocycles. The lowest BCUT2D eigenvalue weighted by atomic mass is 10.2. The summed E-state index contributed by atoms with van der Waals surface area (Å²) in [5.74, 6) is -0.520. The van der Waals surface area contributed by atoms with Crippen molar-refractivity contribution < 1.29 is 14.6 Å². The maximum absolute atomic E-state index is 12.9. The van der Waals surface area contributed by atoms with Gasteiger partial charge in [-0.15, -0.1) is 11.3 Å². The van der Waals surface area contributed by atoms with Gasteiger partial charge in [0.2, 0.25) is 0 Å². The van der Waals surface area contributed by atoms with E-state index < -0.39 is 5.97 Å². The highest BCUT2D eigenvalue weighted by molar-refractivity contribution is 7.17. The van der Waals surface area contributed by atoms with Crippen molar-refractivity contribution in [3.8, 4) is 0 Å². The van der Waals surface area contributed by atoms with Crippen molar-refractivity contribution in [2.45, 2.75) is 13.0 Å². The highest BCUT2D eigenvalue weighted by Crippen LogP contribution is 2.22. The number of ether oxygens (including phenoxy) is 1. The summed E-state index contributed by atoms with van der Waals surface area (Å²) in [6.45, 7) is 0.778. The van der Waals surface area contributed by atoms with E-state index in [0.29, 0.717) is 30.2 Å². The molecule has 124 valence electrons. The lowest BCUT2D eigenvalue weighted by molar-refractivity contribution is 0.0699. The van der Waals surface area contributed by atoms with Gasteiger partial charge in [0, 0.05) is 18.9 Å². The summed E-state index contributed by atoms with van der Waals surface area (Å²) in [4.78, 5) is 29.3. The summed E-state index contributed by atoms with van der Waals surface area (Å²) < 4.78 is 6.64. The normalized spacial score (nSPS) is 11.0. The number of nitrogens with zero attached hydrogens (tertiary/aromatic N) is 2. The van der Waals surface area contributed by atoms with Crippen molar-refractivity contribution in [3.63, 3.8) is 0 Å². The molecule has 3 rings (SSSR count). The Balaban J connectivity index is 2.18. The molecule has 0 spiro atoms. The highest BCUT2D eigenvalue weighted by Gasteiger charge is 2.19. The van der Waals surface area contributed by atoms with Crippen LogP contribution in [0.2, 0.25) is 0 Å². The average molecular weight is 344 g/mol. The minimum atomic E-state index is -1.11. The number of carboxylic acids is 1. The number of methoxy groups -OCH3 is 1. The summed E-state index contributed by atoms with van der Waals surface area (Å²) >= 11 is 1.17. The maximum atomic E-state index is 12.9. The fourth-order valence-electron chi connectivity index (χ4n) is 2.54. The summed E-state index contributed by atoms with van der Waals surface area (Å²) in [6.07, 6.45) is 0.481. The third kappa shape index (κ3) is 3.08. The van der Waals surface area contributed by atoms with Crippen LogP contribution in [0.25, 0.3) is 10.2 Å². The van der Waals surface area contributed by atoms with Gasteiger partial charge in [0.25, 0.3) is 5.56 Å². The third-order valence-corrected chi connectivity index (χ3v) is 4.59. The largest absolute Gasteiger partial charge is 0.478 e. The molecule has 0 aliphatic rings. The van der Waals surface area contributed by atoms with Gasteiger partial charge in [0.15, 0.2) is 0 Å². The molecule has 0 bridgehead atoms. The van der Waals surface area contributed by atoms with Crippen LogP contribution in [0.3, 0.4) is 0 Å². The Morgan fingerprint density at radius 1 is 1.33 bits per heavy atom. The predicted octanol–water partition coefficient (Wildman–Crippen LogP) is 2.39. The molecule has 0 unspecified atom stereocenters. The molecule has 7 heteroatoms. The zero-order valence-electron chi connectivity index (χ0n) is 13.1. The Morgan fingerprint density at radius 2 is 2.08 bits per heavy atom. The minimum Gasteiger partial charge on any atom is -0.478 e. The topological polar surface area (TPSA) is 81.4 Å².